The van der Waals surface area contributed by atoms with Crippen LogP contribution in [-0.2, 0) is 27.8 Å². The molecule has 194 valence electrons. The van der Waals surface area contributed by atoms with E-state index in [2.05, 4.69) is 20.2 Å². The lowest BCUT2D eigenvalue weighted by atomic mass is 10.2. The summed E-state index contributed by atoms with van der Waals surface area (Å²) in [6, 6.07) is 2.92. The van der Waals surface area contributed by atoms with Crippen molar-refractivity contribution in [2.75, 3.05) is 17.7 Å². The Hall–Kier alpha value is -3.55. The van der Waals surface area contributed by atoms with E-state index < -0.39 is 33.3 Å². The van der Waals surface area contributed by atoms with Crippen molar-refractivity contribution in [1.82, 2.24) is 24.7 Å². The molecule has 0 N–H and O–H groups in total. The van der Waals surface area contributed by atoms with Crippen molar-refractivity contribution in [2.24, 2.45) is 7.05 Å². The van der Waals surface area contributed by atoms with E-state index >= 15 is 0 Å². The van der Waals surface area contributed by atoms with Crippen molar-refractivity contribution < 1.29 is 31.1 Å². The number of pyridine rings is 2. The molecule has 0 aromatic carbocycles. The van der Waals surface area contributed by atoms with Crippen LogP contribution in [0.15, 0.2) is 35.5 Å². The van der Waals surface area contributed by atoms with E-state index in [0.717, 1.165) is 23.2 Å². The average molecular weight is 527 g/mol. The predicted octanol–water partition coefficient (Wildman–Crippen LogP) is 4.12. The first-order valence-electron chi connectivity index (χ1n) is 10.7. The van der Waals surface area contributed by atoms with E-state index in [1.165, 1.54) is 37.8 Å². The Morgan fingerprint density at radius 1 is 1.11 bits per heavy atom. The largest absolute Gasteiger partial charge is 0.443 e. The molecular weight excluding hydrogens is 501 g/mol. The SMILES string of the molecule is CCS(=O)(=O)c1cc(N(C)C(=O)OC(C)(C)C)cnc1-c1nnc(-c2cc(C(F)(F)F)ccn2)n1C. The zero-order chi connectivity index (χ0) is 27.1. The summed E-state index contributed by atoms with van der Waals surface area (Å²) < 4.78 is 71.9. The molecule has 0 radical (unpaired) electrons. The van der Waals surface area contributed by atoms with Crippen molar-refractivity contribution in [3.63, 3.8) is 0 Å². The number of carbonyl (C=O) groups is 1. The third kappa shape index (κ3) is 5.64. The standard InChI is InChI=1S/C22H25F3N6O4S/c1-7-36(33,34)16-11-14(30(5)20(32)35-21(2,3)4)12-27-17(16)19-29-28-18(31(19)6)15-10-13(8-9-26-15)22(23,24)25/h8-12H,7H2,1-6H3. The molecule has 3 rings (SSSR count). The highest BCUT2D eigenvalue weighted by molar-refractivity contribution is 7.91. The van der Waals surface area contributed by atoms with Gasteiger partial charge in [-0.3, -0.25) is 9.88 Å². The van der Waals surface area contributed by atoms with Gasteiger partial charge in [0, 0.05) is 20.3 Å². The van der Waals surface area contributed by atoms with Crippen LogP contribution in [0.5, 0.6) is 0 Å². The first kappa shape index (κ1) is 27.0. The number of ether oxygens (including phenoxy) is 1. The summed E-state index contributed by atoms with van der Waals surface area (Å²) in [5.41, 5.74) is -1.72. The normalized spacial score (nSPS) is 12.5. The number of amides is 1. The number of rotatable bonds is 5. The molecule has 1 amide bonds. The highest BCUT2D eigenvalue weighted by Gasteiger charge is 2.32. The predicted molar refractivity (Wildman–Crippen MR) is 125 cm³/mol. The van der Waals surface area contributed by atoms with Gasteiger partial charge in [0.2, 0.25) is 0 Å². The number of carbonyl (C=O) groups excluding carboxylic acids is 1. The fourth-order valence-electron chi connectivity index (χ4n) is 3.10. The van der Waals surface area contributed by atoms with E-state index in [4.69, 9.17) is 4.74 Å². The molecule has 0 spiro atoms. The monoisotopic (exact) mass is 526 g/mol. The van der Waals surface area contributed by atoms with E-state index in [9.17, 15) is 26.4 Å². The van der Waals surface area contributed by atoms with Crippen LogP contribution < -0.4 is 4.90 Å². The lowest BCUT2D eigenvalue weighted by Gasteiger charge is -2.25. The number of alkyl halides is 3. The minimum atomic E-state index is -4.58. The van der Waals surface area contributed by atoms with Crippen LogP contribution >= 0.6 is 0 Å². The summed E-state index contributed by atoms with van der Waals surface area (Å²) in [7, 11) is -1.01. The van der Waals surface area contributed by atoms with Gasteiger partial charge in [-0.15, -0.1) is 10.2 Å². The molecule has 3 aromatic heterocycles. The molecule has 0 unspecified atom stereocenters. The number of aromatic nitrogens is 5. The van der Waals surface area contributed by atoms with Crippen molar-refractivity contribution in [3.05, 3.63) is 36.2 Å². The molecule has 0 aliphatic carbocycles. The van der Waals surface area contributed by atoms with E-state index in [-0.39, 0.29) is 39.4 Å². The molecule has 0 atom stereocenters. The maximum Gasteiger partial charge on any atom is 0.416 e. The highest BCUT2D eigenvalue weighted by atomic mass is 32.2. The van der Waals surface area contributed by atoms with Gasteiger partial charge in [-0.1, -0.05) is 6.92 Å². The molecule has 0 saturated heterocycles. The van der Waals surface area contributed by atoms with Gasteiger partial charge in [0.15, 0.2) is 21.5 Å². The third-order valence-electron chi connectivity index (χ3n) is 5.01. The second-order valence-electron chi connectivity index (χ2n) is 8.82. The maximum atomic E-state index is 13.1. The second kappa shape index (κ2) is 9.48. The number of halogens is 3. The Balaban J connectivity index is 2.11. The Bertz CT molecular complexity index is 1400. The quantitative estimate of drug-likeness (QED) is 0.487. The minimum absolute atomic E-state index is 0.0114. The topological polar surface area (TPSA) is 120 Å². The molecule has 3 heterocycles. The van der Waals surface area contributed by atoms with E-state index in [0.29, 0.717) is 0 Å². The summed E-state index contributed by atoms with van der Waals surface area (Å²) in [5.74, 6) is -0.309. The zero-order valence-electron chi connectivity index (χ0n) is 20.5. The maximum absolute atomic E-state index is 13.1. The van der Waals surface area contributed by atoms with Crippen LogP contribution in [0.1, 0.15) is 33.3 Å². The Morgan fingerprint density at radius 2 is 1.75 bits per heavy atom. The minimum Gasteiger partial charge on any atom is -0.443 e. The molecule has 3 aromatic rings. The van der Waals surface area contributed by atoms with E-state index in [1.807, 2.05) is 0 Å². The van der Waals surface area contributed by atoms with Crippen molar-refractivity contribution in [3.8, 4) is 23.0 Å². The summed E-state index contributed by atoms with van der Waals surface area (Å²) in [5, 5.41) is 7.90. The molecule has 36 heavy (non-hydrogen) atoms. The lowest BCUT2D eigenvalue weighted by molar-refractivity contribution is -0.137. The zero-order valence-corrected chi connectivity index (χ0v) is 21.3. The summed E-state index contributed by atoms with van der Waals surface area (Å²) in [6.07, 6.45) is -3.03. The number of hydrogen-bond acceptors (Lipinski definition) is 8. The third-order valence-corrected chi connectivity index (χ3v) is 6.75. The second-order valence-corrected chi connectivity index (χ2v) is 11.1. The number of nitrogens with zero attached hydrogens (tertiary/aromatic N) is 6. The number of sulfone groups is 1. The van der Waals surface area contributed by atoms with Gasteiger partial charge in [-0.2, -0.15) is 13.2 Å². The van der Waals surface area contributed by atoms with Crippen LogP contribution in [0.2, 0.25) is 0 Å². The molecule has 0 bridgehead atoms. The fraction of sp³-hybridized carbons (Fsp3) is 0.409. The van der Waals surface area contributed by atoms with Crippen molar-refractivity contribution in [2.45, 2.75) is 44.4 Å². The molecule has 0 fully saturated rings. The summed E-state index contributed by atoms with van der Waals surface area (Å²) in [4.78, 5) is 21.5. The first-order chi connectivity index (χ1) is 16.5. The van der Waals surface area contributed by atoms with Gasteiger partial charge in [0.1, 0.15) is 17.0 Å². The molecular formula is C22H25F3N6O4S. The van der Waals surface area contributed by atoms with Gasteiger partial charge in [0.05, 0.1) is 28.1 Å². The van der Waals surface area contributed by atoms with Crippen LogP contribution in [-0.4, -0.2) is 57.6 Å². The van der Waals surface area contributed by atoms with Crippen molar-refractivity contribution in [1.29, 1.82) is 0 Å². The average Bonchev–Trinajstić information content (AvgIpc) is 3.17. The highest BCUT2D eigenvalue weighted by Crippen LogP contribution is 2.33. The molecule has 10 nitrogen and oxygen atoms in total. The molecule has 0 aliphatic rings. The van der Waals surface area contributed by atoms with Gasteiger partial charge in [0.25, 0.3) is 0 Å². The Kier molecular flexibility index (Phi) is 7.12. The van der Waals surface area contributed by atoms with Gasteiger partial charge >= 0.3 is 12.3 Å². The molecule has 0 saturated carbocycles. The smallest absolute Gasteiger partial charge is 0.416 e. The molecule has 14 heteroatoms. The van der Waals surface area contributed by atoms with E-state index in [1.54, 1.807) is 20.8 Å². The van der Waals surface area contributed by atoms with Crippen molar-refractivity contribution >= 4 is 21.6 Å². The van der Waals surface area contributed by atoms with Crippen LogP contribution in [0, 0.1) is 0 Å². The van der Waals surface area contributed by atoms with Crippen LogP contribution in [0.25, 0.3) is 23.0 Å². The van der Waals surface area contributed by atoms with Gasteiger partial charge in [-0.25, -0.2) is 18.2 Å². The van der Waals surface area contributed by atoms with Crippen LogP contribution in [0.3, 0.4) is 0 Å². The van der Waals surface area contributed by atoms with Crippen LogP contribution in [0.4, 0.5) is 23.7 Å². The summed E-state index contributed by atoms with van der Waals surface area (Å²) >= 11 is 0. The van der Waals surface area contributed by atoms with Gasteiger partial charge < -0.3 is 9.30 Å². The summed E-state index contributed by atoms with van der Waals surface area (Å²) in [6.45, 7) is 6.52. The Labute approximate surface area is 206 Å². The Morgan fingerprint density at radius 3 is 2.33 bits per heavy atom. The first-order valence-corrected chi connectivity index (χ1v) is 12.3. The molecule has 0 aliphatic heterocycles. The lowest BCUT2D eigenvalue weighted by Crippen LogP contribution is -2.34. The van der Waals surface area contributed by atoms with Gasteiger partial charge in [-0.05, 0) is 39.0 Å². The number of hydrogen-bond donors (Lipinski definition) is 0. The number of anilines is 1. The fourth-order valence-corrected chi connectivity index (χ4v) is 4.15.